The largest absolute Gasteiger partial charge is 0.377 e. The third-order valence-corrected chi connectivity index (χ3v) is 5.12. The molecule has 0 aromatic rings. The predicted octanol–water partition coefficient (Wildman–Crippen LogP) is 0.297. The zero-order valence-electron chi connectivity index (χ0n) is 15.2. The highest BCUT2D eigenvalue weighted by Gasteiger charge is 2.48. The Labute approximate surface area is 143 Å². The van der Waals surface area contributed by atoms with Gasteiger partial charge in [-0.25, -0.2) is 4.79 Å². The molecule has 1 unspecified atom stereocenters. The van der Waals surface area contributed by atoms with Gasteiger partial charge in [-0.3, -0.25) is 15.1 Å². The van der Waals surface area contributed by atoms with Crippen LogP contribution in [0.3, 0.4) is 0 Å². The number of piperidine rings is 1. The molecule has 3 amide bonds. The van der Waals surface area contributed by atoms with Gasteiger partial charge in [-0.1, -0.05) is 0 Å². The Balaban J connectivity index is 1.92. The summed E-state index contributed by atoms with van der Waals surface area (Å²) in [6.07, 6.45) is 1.64. The molecule has 0 aromatic carbocycles. The summed E-state index contributed by atoms with van der Waals surface area (Å²) in [5.41, 5.74) is -1.08. The number of amides is 3. The van der Waals surface area contributed by atoms with Gasteiger partial charge in [0, 0.05) is 33.8 Å². The second-order valence-corrected chi connectivity index (χ2v) is 7.24. The topological polar surface area (TPSA) is 95.1 Å². The number of methoxy groups -OCH3 is 1. The number of guanidine groups is 1. The van der Waals surface area contributed by atoms with Crippen LogP contribution in [0.25, 0.3) is 0 Å². The van der Waals surface area contributed by atoms with E-state index in [9.17, 15) is 9.59 Å². The van der Waals surface area contributed by atoms with Crippen molar-refractivity contribution in [3.8, 4) is 0 Å². The van der Waals surface area contributed by atoms with Gasteiger partial charge in [0.2, 0.25) is 0 Å². The first kappa shape index (κ1) is 18.5. The molecule has 2 rings (SSSR count). The quantitative estimate of drug-likeness (QED) is 0.389. The molecule has 0 spiro atoms. The van der Waals surface area contributed by atoms with E-state index in [0.717, 1.165) is 31.9 Å². The summed E-state index contributed by atoms with van der Waals surface area (Å²) in [7, 11) is 3.46. The number of rotatable bonds is 4. The molecule has 2 fully saturated rings. The summed E-state index contributed by atoms with van der Waals surface area (Å²) in [5, 5.41) is 8.46. The Morgan fingerprint density at radius 1 is 1.42 bits per heavy atom. The molecule has 2 aliphatic rings. The van der Waals surface area contributed by atoms with Crippen LogP contribution in [-0.2, 0) is 9.53 Å². The molecular formula is C16H29N5O3. The van der Waals surface area contributed by atoms with Crippen LogP contribution in [-0.4, -0.2) is 67.7 Å². The molecule has 0 saturated carbocycles. The van der Waals surface area contributed by atoms with Crippen molar-refractivity contribution in [1.82, 2.24) is 20.9 Å². The van der Waals surface area contributed by atoms with Crippen molar-refractivity contribution in [3.05, 3.63) is 0 Å². The van der Waals surface area contributed by atoms with Crippen molar-refractivity contribution in [2.75, 3.05) is 33.8 Å². The Hall–Kier alpha value is -1.83. The van der Waals surface area contributed by atoms with E-state index in [2.05, 4.69) is 25.8 Å². The number of imide groups is 1. The Kier molecular flexibility index (Phi) is 5.37. The molecule has 1 atom stereocenters. The lowest BCUT2D eigenvalue weighted by Crippen LogP contribution is -2.56. The third kappa shape index (κ3) is 3.80. The van der Waals surface area contributed by atoms with E-state index in [1.165, 1.54) is 0 Å². The molecule has 2 heterocycles. The fourth-order valence-electron chi connectivity index (χ4n) is 3.21. The zero-order chi connectivity index (χ0) is 18.0. The normalized spacial score (nSPS) is 26.4. The summed E-state index contributed by atoms with van der Waals surface area (Å²) < 4.78 is 5.42. The monoisotopic (exact) mass is 339 g/mol. The number of hydrogen-bond donors (Lipinski definition) is 3. The van der Waals surface area contributed by atoms with E-state index < -0.39 is 11.6 Å². The van der Waals surface area contributed by atoms with Crippen LogP contribution >= 0.6 is 0 Å². The summed E-state index contributed by atoms with van der Waals surface area (Å²) in [6, 6.07) is -0.399. The average Bonchev–Trinajstić information content (AvgIpc) is 2.82. The molecule has 2 saturated heterocycles. The number of urea groups is 1. The van der Waals surface area contributed by atoms with Crippen LogP contribution in [0, 0.1) is 5.92 Å². The molecule has 0 aliphatic carbocycles. The minimum atomic E-state index is -0.807. The van der Waals surface area contributed by atoms with Gasteiger partial charge in [-0.05, 0) is 39.5 Å². The van der Waals surface area contributed by atoms with Gasteiger partial charge < -0.3 is 20.3 Å². The molecule has 8 nitrogen and oxygen atoms in total. The first-order valence-electron chi connectivity index (χ1n) is 8.36. The van der Waals surface area contributed by atoms with E-state index in [4.69, 9.17) is 4.74 Å². The highest BCUT2D eigenvalue weighted by Crippen LogP contribution is 2.30. The van der Waals surface area contributed by atoms with Crippen molar-refractivity contribution in [1.29, 1.82) is 0 Å². The second kappa shape index (κ2) is 6.96. The van der Waals surface area contributed by atoms with Crippen LogP contribution in [0.2, 0.25) is 0 Å². The van der Waals surface area contributed by atoms with E-state index in [0.29, 0.717) is 6.54 Å². The van der Waals surface area contributed by atoms with Crippen LogP contribution < -0.4 is 16.0 Å². The molecule has 24 heavy (non-hydrogen) atoms. The summed E-state index contributed by atoms with van der Waals surface area (Å²) in [6.45, 7) is 8.07. The first-order valence-corrected chi connectivity index (χ1v) is 8.36. The average molecular weight is 339 g/mol. The van der Waals surface area contributed by atoms with Gasteiger partial charge >= 0.3 is 6.03 Å². The molecular weight excluding hydrogens is 310 g/mol. The molecule has 136 valence electrons. The van der Waals surface area contributed by atoms with E-state index in [1.54, 1.807) is 14.2 Å². The molecule has 8 heteroatoms. The summed E-state index contributed by atoms with van der Waals surface area (Å²) in [4.78, 5) is 30.0. The fourth-order valence-corrected chi connectivity index (χ4v) is 3.21. The summed E-state index contributed by atoms with van der Waals surface area (Å²) >= 11 is 0. The van der Waals surface area contributed by atoms with E-state index in [1.807, 2.05) is 20.8 Å². The van der Waals surface area contributed by atoms with Crippen LogP contribution in [0.5, 0.6) is 0 Å². The lowest BCUT2D eigenvalue weighted by molar-refractivity contribution is -0.125. The Bertz CT molecular complexity index is 526. The molecule has 0 bridgehead atoms. The summed E-state index contributed by atoms with van der Waals surface area (Å²) in [5.74, 6) is 0.729. The van der Waals surface area contributed by atoms with E-state index in [-0.39, 0.29) is 17.4 Å². The van der Waals surface area contributed by atoms with Crippen molar-refractivity contribution in [3.63, 3.8) is 0 Å². The lowest BCUT2D eigenvalue weighted by Gasteiger charge is -2.40. The standard InChI is InChI=1S/C16H29N5O3/c1-15(2,24-5)10-18-13(17-4)21-8-6-11(7-9-21)16(3)12(22)19-14(23)20-16/h11H,6-10H2,1-5H3,(H,17,18)(H2,19,20,22,23). The third-order valence-electron chi connectivity index (χ3n) is 5.12. The predicted molar refractivity (Wildman–Crippen MR) is 91.8 cm³/mol. The molecule has 0 aromatic heterocycles. The Morgan fingerprint density at radius 3 is 2.50 bits per heavy atom. The zero-order valence-corrected chi connectivity index (χ0v) is 15.2. The maximum atomic E-state index is 12.1. The van der Waals surface area contributed by atoms with Crippen LogP contribution in [0.4, 0.5) is 4.79 Å². The number of nitrogens with zero attached hydrogens (tertiary/aromatic N) is 2. The first-order chi connectivity index (χ1) is 11.2. The maximum Gasteiger partial charge on any atom is 0.322 e. The molecule has 0 radical (unpaired) electrons. The number of carbonyl (C=O) groups is 2. The van der Waals surface area contributed by atoms with Crippen molar-refractivity contribution < 1.29 is 14.3 Å². The minimum Gasteiger partial charge on any atom is -0.377 e. The van der Waals surface area contributed by atoms with Gasteiger partial charge in [0.15, 0.2) is 5.96 Å². The van der Waals surface area contributed by atoms with Crippen molar-refractivity contribution in [2.24, 2.45) is 10.9 Å². The van der Waals surface area contributed by atoms with Gasteiger partial charge in [0.1, 0.15) is 5.54 Å². The number of ether oxygens (including phenoxy) is 1. The number of hydrogen-bond acceptors (Lipinski definition) is 4. The van der Waals surface area contributed by atoms with Crippen LogP contribution in [0.15, 0.2) is 4.99 Å². The van der Waals surface area contributed by atoms with Crippen LogP contribution in [0.1, 0.15) is 33.6 Å². The number of carbonyl (C=O) groups excluding carboxylic acids is 2. The van der Waals surface area contributed by atoms with Gasteiger partial charge in [-0.2, -0.15) is 0 Å². The smallest absolute Gasteiger partial charge is 0.322 e. The van der Waals surface area contributed by atoms with Gasteiger partial charge in [0.05, 0.1) is 5.60 Å². The SMILES string of the molecule is CN=C(NCC(C)(C)OC)N1CCC(C2(C)NC(=O)NC2=O)CC1. The maximum absolute atomic E-state index is 12.1. The molecule has 2 aliphatic heterocycles. The number of nitrogens with one attached hydrogen (secondary N) is 3. The second-order valence-electron chi connectivity index (χ2n) is 7.24. The molecule has 3 N–H and O–H groups in total. The van der Waals surface area contributed by atoms with Crippen molar-refractivity contribution in [2.45, 2.75) is 44.8 Å². The fraction of sp³-hybridized carbons (Fsp3) is 0.812. The van der Waals surface area contributed by atoms with Gasteiger partial charge in [0.25, 0.3) is 5.91 Å². The number of likely N-dealkylation sites (tertiary alicyclic amines) is 1. The van der Waals surface area contributed by atoms with Gasteiger partial charge in [-0.15, -0.1) is 0 Å². The lowest BCUT2D eigenvalue weighted by atomic mass is 9.79. The highest BCUT2D eigenvalue weighted by molar-refractivity contribution is 6.07. The minimum absolute atomic E-state index is 0.119. The van der Waals surface area contributed by atoms with Crippen molar-refractivity contribution >= 4 is 17.9 Å². The number of aliphatic imine (C=N–C) groups is 1. The highest BCUT2D eigenvalue weighted by atomic mass is 16.5. The van der Waals surface area contributed by atoms with E-state index >= 15 is 0 Å². The Morgan fingerprint density at radius 2 is 2.04 bits per heavy atom.